The van der Waals surface area contributed by atoms with Crippen LogP contribution in [0.4, 0.5) is 0 Å². The van der Waals surface area contributed by atoms with Crippen molar-refractivity contribution in [2.45, 2.75) is 0 Å². The lowest BCUT2D eigenvalue weighted by atomic mass is 10.0. The molecule has 0 radical (unpaired) electrons. The Morgan fingerprint density at radius 2 is 0.982 bits per heavy atom. The van der Waals surface area contributed by atoms with Gasteiger partial charge in [0.25, 0.3) is 0 Å². The maximum absolute atomic E-state index is 9.90. The molecular weight excluding hydrogens is 685 g/mol. The van der Waals surface area contributed by atoms with Crippen LogP contribution in [0.2, 0.25) is 0 Å². The first kappa shape index (κ1) is 19.6. The molecule has 0 atom stereocenters. The molecule has 0 bridgehead atoms. The van der Waals surface area contributed by atoms with Crippen molar-refractivity contribution in [3.8, 4) is 62.1 Å². The van der Waals surface area contributed by atoms with Gasteiger partial charge >= 0.3 is 0 Å². The predicted molar refractivity (Wildman–Crippen MR) is 229 cm³/mol. The van der Waals surface area contributed by atoms with Gasteiger partial charge in [0.15, 0.2) is 17.5 Å². The van der Waals surface area contributed by atoms with E-state index in [1.165, 1.54) is 0 Å². The Labute approximate surface area is 345 Å². The van der Waals surface area contributed by atoms with Gasteiger partial charge in [-0.2, -0.15) is 0 Å². The van der Waals surface area contributed by atoms with Gasteiger partial charge in [0.05, 0.1) is 33.0 Å². The zero-order valence-corrected chi connectivity index (χ0v) is 28.9. The van der Waals surface area contributed by atoms with E-state index in [0.717, 1.165) is 26.5 Å². The average Bonchev–Trinajstić information content (AvgIpc) is 3.95. The lowest BCUT2D eigenvalue weighted by Gasteiger charge is -2.11. The highest BCUT2D eigenvalue weighted by Gasteiger charge is 2.18. The van der Waals surface area contributed by atoms with E-state index in [4.69, 9.17) is 31.7 Å². The summed E-state index contributed by atoms with van der Waals surface area (Å²) in [5, 5.41) is 1.05. The van der Waals surface area contributed by atoms with E-state index < -0.39 is 125 Å². The summed E-state index contributed by atoms with van der Waals surface area (Å²) >= 11 is 0. The number of rotatable bonds is 6. The molecule has 0 unspecified atom stereocenters. The van der Waals surface area contributed by atoms with Crippen LogP contribution in [0, 0.1) is 0 Å². The molecule has 0 aliphatic rings. The molecular formula is C51H32N4O. The molecule has 5 heteroatoms. The maximum atomic E-state index is 9.90. The summed E-state index contributed by atoms with van der Waals surface area (Å²) in [6, 6.07) is 17.8. The van der Waals surface area contributed by atoms with E-state index in [9.17, 15) is 9.60 Å². The maximum Gasteiger partial charge on any atom is 0.164 e. The molecule has 0 fully saturated rings. The monoisotopic (exact) mass is 732 g/mol. The van der Waals surface area contributed by atoms with Crippen LogP contribution < -0.4 is 0 Å². The highest BCUT2D eigenvalue weighted by molar-refractivity contribution is 6.10. The molecule has 3 aromatic heterocycles. The van der Waals surface area contributed by atoms with Crippen LogP contribution in [-0.4, -0.2) is 19.5 Å². The molecule has 0 aliphatic heterocycles. The van der Waals surface area contributed by atoms with Crippen LogP contribution in [0.1, 0.15) is 21.9 Å². The number of aromatic nitrogens is 4. The third kappa shape index (κ3) is 5.45. The summed E-state index contributed by atoms with van der Waals surface area (Å²) in [4.78, 5) is 14.5. The van der Waals surface area contributed by atoms with Gasteiger partial charge < -0.3 is 8.98 Å². The number of para-hydroxylation sites is 2. The van der Waals surface area contributed by atoms with Gasteiger partial charge in [-0.05, 0) is 76.7 Å². The van der Waals surface area contributed by atoms with Crippen molar-refractivity contribution in [2.75, 3.05) is 0 Å². The van der Waals surface area contributed by atoms with Gasteiger partial charge in [0, 0.05) is 43.9 Å². The van der Waals surface area contributed by atoms with Crippen molar-refractivity contribution in [3.63, 3.8) is 0 Å². The number of benzene rings is 8. The zero-order chi connectivity index (χ0) is 50.9. The summed E-state index contributed by atoms with van der Waals surface area (Å²) in [7, 11) is 0. The van der Waals surface area contributed by atoms with Crippen molar-refractivity contribution in [3.05, 3.63) is 194 Å². The average molecular weight is 733 g/mol. The highest BCUT2D eigenvalue weighted by Crippen LogP contribution is 2.37. The van der Waals surface area contributed by atoms with Gasteiger partial charge in [-0.1, -0.05) is 139 Å². The molecule has 5 nitrogen and oxygen atoms in total. The quantitative estimate of drug-likeness (QED) is 0.171. The third-order valence-electron chi connectivity index (χ3n) is 9.49. The van der Waals surface area contributed by atoms with E-state index in [0.29, 0.717) is 22.3 Å². The van der Waals surface area contributed by atoms with E-state index in [1.807, 2.05) is 72.8 Å². The van der Waals surface area contributed by atoms with Crippen LogP contribution >= 0.6 is 0 Å². The van der Waals surface area contributed by atoms with Crippen LogP contribution in [-0.2, 0) is 0 Å². The molecule has 11 aromatic rings. The first-order valence-electron chi connectivity index (χ1n) is 25.5. The lowest BCUT2D eigenvalue weighted by molar-refractivity contribution is 0.669. The minimum Gasteiger partial charge on any atom is -0.456 e. The largest absolute Gasteiger partial charge is 0.456 e. The van der Waals surface area contributed by atoms with Crippen LogP contribution in [0.15, 0.2) is 198 Å². The summed E-state index contributed by atoms with van der Waals surface area (Å²) in [5.41, 5.74) is 0.932. The number of nitrogens with zero attached hydrogens (tertiary/aromatic N) is 4. The Balaban J connectivity index is 1.20. The molecule has 0 aliphatic carbocycles. The van der Waals surface area contributed by atoms with Gasteiger partial charge in [0.1, 0.15) is 11.2 Å². The van der Waals surface area contributed by atoms with Gasteiger partial charge in [-0.25, -0.2) is 15.0 Å². The first-order chi connectivity index (χ1) is 34.4. The summed E-state index contributed by atoms with van der Waals surface area (Å²) < 4.78 is 151. The second kappa shape index (κ2) is 13.0. The molecule has 0 spiro atoms. The minimum absolute atomic E-state index is 0.0992. The van der Waals surface area contributed by atoms with Crippen molar-refractivity contribution in [2.24, 2.45) is 0 Å². The fourth-order valence-corrected chi connectivity index (χ4v) is 6.82. The Hall–Kier alpha value is -7.63. The topological polar surface area (TPSA) is 56.7 Å². The van der Waals surface area contributed by atoms with Gasteiger partial charge in [-0.15, -0.1) is 0 Å². The Kier molecular flexibility index (Phi) is 4.57. The number of hydrogen-bond donors (Lipinski definition) is 0. The molecule has 11 rings (SSSR count). The predicted octanol–water partition coefficient (Wildman–Crippen LogP) is 13.2. The molecule has 0 N–H and O–H groups in total. The van der Waals surface area contributed by atoms with Crippen molar-refractivity contribution in [1.82, 2.24) is 19.5 Å². The van der Waals surface area contributed by atoms with Crippen molar-refractivity contribution >= 4 is 43.7 Å². The second-order valence-corrected chi connectivity index (χ2v) is 12.8. The summed E-state index contributed by atoms with van der Waals surface area (Å²) in [5.74, 6) is -0.0229. The first-order valence-corrected chi connectivity index (χ1v) is 17.5. The minimum atomic E-state index is -0.878. The fraction of sp³-hybridized carbons (Fsp3) is 0. The molecule has 8 aromatic carbocycles. The zero-order valence-electron chi connectivity index (χ0n) is 44.9. The second-order valence-electron chi connectivity index (χ2n) is 12.8. The molecule has 0 saturated heterocycles. The Morgan fingerprint density at radius 3 is 1.80 bits per heavy atom. The van der Waals surface area contributed by atoms with E-state index in [1.54, 1.807) is 24.3 Å². The fourth-order valence-electron chi connectivity index (χ4n) is 6.82. The van der Waals surface area contributed by atoms with E-state index in [-0.39, 0.29) is 33.8 Å². The molecule has 0 saturated carbocycles. The van der Waals surface area contributed by atoms with Gasteiger partial charge in [-0.3, -0.25) is 0 Å². The van der Waals surface area contributed by atoms with Crippen LogP contribution in [0.3, 0.4) is 0 Å². The SMILES string of the molecule is [2H]c1c([2H])c([2H])c(-c2c([2H])c([2H])c(-n3c4c([2H])c([2H])c([2H])c([2H])c4c4c([2H])c(-c5nc(-c6ccc(-c7ccccc7)cc6)nc(-c6ccc7c(c6)oc6ccccc67)n5)c([2H])c([2H])c43)c([2H])c2[2H])c([2H])c1[2H]. The Bertz CT molecular complexity index is 4120. The van der Waals surface area contributed by atoms with E-state index in [2.05, 4.69) is 0 Å². The lowest BCUT2D eigenvalue weighted by Crippen LogP contribution is -2.00. The molecule has 262 valence electrons. The van der Waals surface area contributed by atoms with Crippen LogP contribution in [0.5, 0.6) is 0 Å². The molecule has 3 heterocycles. The smallest absolute Gasteiger partial charge is 0.164 e. The summed E-state index contributed by atoms with van der Waals surface area (Å²) in [6.45, 7) is 0. The normalized spacial score (nSPS) is 15.6. The summed E-state index contributed by atoms with van der Waals surface area (Å²) in [6.07, 6.45) is 0. The van der Waals surface area contributed by atoms with Crippen molar-refractivity contribution < 1.29 is 26.3 Å². The van der Waals surface area contributed by atoms with Crippen molar-refractivity contribution in [1.29, 1.82) is 0 Å². The standard InChI is InChI=1S/C51H32N4O/c1-3-11-33(12-4-1)35-19-21-37(22-20-35)49-52-50(54-51(53-49)39-25-29-43-42-16-8-10-18-47(42)56-48(43)32-39)38-26-30-46-44(31-38)41-15-7-9-17-45(41)55(46)40-27-23-36(24-28-40)34-13-5-2-6-14-34/h1-32H/i2D,5D,6D,7D,9D,13D,14D,15D,17D,23D,24D,26D,27D,28D,30D,31D. The number of hydrogen-bond acceptors (Lipinski definition) is 4. The molecule has 0 amide bonds. The third-order valence-corrected chi connectivity index (χ3v) is 9.49. The molecule has 56 heavy (non-hydrogen) atoms. The Morgan fingerprint density at radius 1 is 0.393 bits per heavy atom. The highest BCUT2D eigenvalue weighted by atomic mass is 16.3. The van der Waals surface area contributed by atoms with Crippen LogP contribution in [0.25, 0.3) is 106 Å². The van der Waals surface area contributed by atoms with E-state index >= 15 is 0 Å². The van der Waals surface area contributed by atoms with Gasteiger partial charge in [0.2, 0.25) is 0 Å². The number of furan rings is 1. The number of fused-ring (bicyclic) bond motifs is 6.